The molecule has 1 aliphatic carbocycles. The van der Waals surface area contributed by atoms with Crippen molar-refractivity contribution >= 4 is 15.7 Å². The summed E-state index contributed by atoms with van der Waals surface area (Å²) in [7, 11) is -4.27. The molecule has 2 aromatic rings. The van der Waals surface area contributed by atoms with E-state index in [0.717, 1.165) is 24.3 Å². The number of benzene rings is 1. The first-order valence-electron chi connectivity index (χ1n) is 9.76. The normalized spacial score (nSPS) is 18.0. The lowest BCUT2D eigenvalue weighted by atomic mass is 9.81. The first-order chi connectivity index (χ1) is 15.3. The number of sulfone groups is 1. The molecule has 1 aromatic carbocycles. The zero-order valence-electron chi connectivity index (χ0n) is 17.1. The number of aromatic nitrogens is 1. The smallest absolute Gasteiger partial charge is 0.368 e. The minimum atomic E-state index is -5.02. The molecule has 0 aliphatic heterocycles. The molecule has 1 aromatic heterocycles. The maximum atomic E-state index is 14.0. The third-order valence-corrected chi connectivity index (χ3v) is 7.26. The van der Waals surface area contributed by atoms with Gasteiger partial charge in [-0.05, 0) is 42.7 Å². The molecule has 1 aliphatic rings. The average Bonchev–Trinajstić information content (AvgIpc) is 3.53. The highest BCUT2D eigenvalue weighted by atomic mass is 32.2. The van der Waals surface area contributed by atoms with Crippen LogP contribution in [0.25, 0.3) is 0 Å². The summed E-state index contributed by atoms with van der Waals surface area (Å²) in [4.78, 5) is 16.5. The van der Waals surface area contributed by atoms with Crippen molar-refractivity contribution in [2.75, 3.05) is 5.75 Å². The summed E-state index contributed by atoms with van der Waals surface area (Å²) in [5.41, 5.74) is 0.853. The van der Waals surface area contributed by atoms with Crippen molar-refractivity contribution in [1.82, 2.24) is 10.3 Å². The summed E-state index contributed by atoms with van der Waals surface area (Å²) >= 11 is 0. The van der Waals surface area contributed by atoms with Gasteiger partial charge >= 0.3 is 6.18 Å². The number of hydrogen-bond acceptors (Lipinski definition) is 6. The van der Waals surface area contributed by atoms with Gasteiger partial charge in [0.15, 0.2) is 9.84 Å². The number of halogens is 4. The van der Waals surface area contributed by atoms with E-state index in [1.165, 1.54) is 18.3 Å². The number of nitrogens with zero attached hydrogens (tertiary/aromatic N) is 2. The molecule has 3 rings (SSSR count). The Morgan fingerprint density at radius 2 is 1.85 bits per heavy atom. The molecule has 7 nitrogen and oxygen atoms in total. The quantitative estimate of drug-likeness (QED) is 0.527. The second-order valence-corrected chi connectivity index (χ2v) is 10.1. The van der Waals surface area contributed by atoms with Gasteiger partial charge in [-0.1, -0.05) is 18.2 Å². The summed E-state index contributed by atoms with van der Waals surface area (Å²) in [5, 5.41) is 11.8. The Morgan fingerprint density at radius 3 is 2.30 bits per heavy atom. The second kappa shape index (κ2) is 8.72. The van der Waals surface area contributed by atoms with Crippen molar-refractivity contribution in [2.45, 2.75) is 36.4 Å². The average molecular weight is 484 g/mol. The number of amides is 1. The Bertz CT molecular complexity index is 1160. The third kappa shape index (κ3) is 5.15. The van der Waals surface area contributed by atoms with Crippen LogP contribution in [0.3, 0.4) is 0 Å². The predicted octanol–water partition coefficient (Wildman–Crippen LogP) is 2.56. The Balaban J connectivity index is 2.08. The number of alkyl halides is 3. The number of nitrogens with one attached hydrogen (secondary N) is 1. The Morgan fingerprint density at radius 1 is 1.21 bits per heavy atom. The lowest BCUT2D eigenvalue weighted by molar-refractivity contribution is -0.165. The molecular weight excluding hydrogens is 464 g/mol. The number of hydrogen-bond donors (Lipinski definition) is 2. The van der Waals surface area contributed by atoms with E-state index in [2.05, 4.69) is 10.3 Å². The zero-order valence-corrected chi connectivity index (χ0v) is 18.0. The van der Waals surface area contributed by atoms with Crippen molar-refractivity contribution < 1.29 is 30.8 Å². The van der Waals surface area contributed by atoms with E-state index in [1.807, 2.05) is 6.07 Å². The molecule has 33 heavy (non-hydrogen) atoms. The molecule has 1 amide bonds. The number of carbonyl (C=O) groups is 1. The summed E-state index contributed by atoms with van der Waals surface area (Å²) in [6, 6.07) is 7.05. The monoisotopic (exact) mass is 484 g/mol. The summed E-state index contributed by atoms with van der Waals surface area (Å²) in [5.74, 6) is -4.00. The zero-order chi connectivity index (χ0) is 24.5. The maximum Gasteiger partial charge on any atom is 0.407 e. The van der Waals surface area contributed by atoms with Crippen LogP contribution in [0, 0.1) is 22.6 Å². The summed E-state index contributed by atoms with van der Waals surface area (Å²) in [6.45, 7) is 0. The van der Waals surface area contributed by atoms with E-state index in [1.54, 1.807) is 6.07 Å². The van der Waals surface area contributed by atoms with Crippen LogP contribution < -0.4 is 11.1 Å². The number of nitriles is 1. The van der Waals surface area contributed by atoms with Gasteiger partial charge < -0.3 is 5.73 Å². The number of primary amides is 1. The van der Waals surface area contributed by atoms with Crippen LogP contribution in [0.1, 0.15) is 30.1 Å². The molecule has 176 valence electrons. The van der Waals surface area contributed by atoms with Crippen LogP contribution in [-0.2, 0) is 20.4 Å². The van der Waals surface area contributed by atoms with E-state index in [0.29, 0.717) is 0 Å². The minimum absolute atomic E-state index is 0.0213. The second-order valence-electron chi connectivity index (χ2n) is 7.99. The van der Waals surface area contributed by atoms with E-state index in [4.69, 9.17) is 5.73 Å². The highest BCUT2D eigenvalue weighted by Crippen LogP contribution is 2.55. The Kier molecular flexibility index (Phi) is 6.50. The maximum absolute atomic E-state index is 14.0. The number of nitrogens with two attached hydrogens (primary N) is 1. The SMILES string of the molecule is N#CC1([C@@](CS(=O)(=O)Cc2ccccn2)(N[C@H](c2ccc(F)cc2)C(F)(F)F)C(N)=O)CC1. The predicted molar refractivity (Wildman–Crippen MR) is 109 cm³/mol. The van der Waals surface area contributed by atoms with Crippen LogP contribution >= 0.6 is 0 Å². The first kappa shape index (κ1) is 24.6. The highest BCUT2D eigenvalue weighted by molar-refractivity contribution is 7.90. The minimum Gasteiger partial charge on any atom is -0.368 e. The fourth-order valence-electron chi connectivity index (χ4n) is 3.80. The summed E-state index contributed by atoms with van der Waals surface area (Å²) in [6.07, 6.45) is -3.72. The molecule has 2 atom stereocenters. The topological polar surface area (TPSA) is 126 Å². The fraction of sp³-hybridized carbons (Fsp3) is 0.381. The molecule has 0 radical (unpaired) electrons. The van der Waals surface area contributed by atoms with E-state index in [9.17, 15) is 36.0 Å². The van der Waals surface area contributed by atoms with E-state index in [-0.39, 0.29) is 18.5 Å². The molecule has 1 heterocycles. The van der Waals surface area contributed by atoms with Crippen molar-refractivity contribution in [1.29, 1.82) is 5.26 Å². The Labute approximate surface area is 187 Å². The largest absolute Gasteiger partial charge is 0.407 e. The third-order valence-electron chi connectivity index (χ3n) is 5.65. The van der Waals surface area contributed by atoms with Gasteiger partial charge in [-0.15, -0.1) is 0 Å². The van der Waals surface area contributed by atoms with Gasteiger partial charge in [0.1, 0.15) is 17.4 Å². The number of pyridine rings is 1. The molecular formula is C21H20F4N4O3S. The molecule has 0 spiro atoms. The standard InChI is InChI=1S/C21H20F4N4O3S/c22-15-6-4-14(5-7-15)17(21(23,24)25)29-20(18(27)30,19(12-26)8-9-19)13-33(31,32)11-16-3-1-2-10-28-16/h1-7,10,17,29H,8-9,11,13H2,(H2,27,30)/t17-,20+/m1/s1. The van der Waals surface area contributed by atoms with E-state index >= 15 is 0 Å². The lowest BCUT2D eigenvalue weighted by Crippen LogP contribution is -2.67. The van der Waals surface area contributed by atoms with Gasteiger partial charge in [0.05, 0.1) is 28.7 Å². The fourth-order valence-corrected chi connectivity index (χ4v) is 5.69. The van der Waals surface area contributed by atoms with Crippen molar-refractivity contribution in [3.05, 3.63) is 65.7 Å². The van der Waals surface area contributed by atoms with Crippen LogP contribution in [0.4, 0.5) is 17.6 Å². The van der Waals surface area contributed by atoms with Crippen LogP contribution in [0.5, 0.6) is 0 Å². The molecule has 0 bridgehead atoms. The highest BCUT2D eigenvalue weighted by Gasteiger charge is 2.67. The lowest BCUT2D eigenvalue weighted by Gasteiger charge is -2.39. The first-order valence-corrected chi connectivity index (χ1v) is 11.6. The van der Waals surface area contributed by atoms with Gasteiger partial charge in [0.25, 0.3) is 0 Å². The molecule has 1 fully saturated rings. The van der Waals surface area contributed by atoms with Crippen LogP contribution in [0.2, 0.25) is 0 Å². The van der Waals surface area contributed by atoms with Gasteiger partial charge in [-0.25, -0.2) is 12.8 Å². The van der Waals surface area contributed by atoms with Gasteiger partial charge in [-0.2, -0.15) is 18.4 Å². The van der Waals surface area contributed by atoms with Crippen molar-refractivity contribution in [3.63, 3.8) is 0 Å². The summed E-state index contributed by atoms with van der Waals surface area (Å²) < 4.78 is 81.4. The van der Waals surface area contributed by atoms with Gasteiger partial charge in [0.2, 0.25) is 5.91 Å². The van der Waals surface area contributed by atoms with Crippen molar-refractivity contribution in [2.24, 2.45) is 11.1 Å². The molecule has 0 saturated heterocycles. The van der Waals surface area contributed by atoms with Crippen LogP contribution in [0.15, 0.2) is 48.7 Å². The number of carbonyl (C=O) groups excluding carboxylic acids is 1. The van der Waals surface area contributed by atoms with Gasteiger partial charge in [0, 0.05) is 6.20 Å². The van der Waals surface area contributed by atoms with E-state index < -0.39 is 61.8 Å². The van der Waals surface area contributed by atoms with Crippen molar-refractivity contribution in [3.8, 4) is 6.07 Å². The number of rotatable bonds is 9. The van der Waals surface area contributed by atoms with Crippen LogP contribution in [-0.4, -0.2) is 36.8 Å². The molecule has 12 heteroatoms. The Hall–Kier alpha value is -3.04. The molecule has 3 N–H and O–H groups in total. The van der Waals surface area contributed by atoms with Gasteiger partial charge in [-0.3, -0.25) is 15.1 Å². The molecule has 0 unspecified atom stereocenters. The molecule has 1 saturated carbocycles.